The number of rotatable bonds is 4. The van der Waals surface area contributed by atoms with E-state index in [1.54, 1.807) is 0 Å². The Bertz CT molecular complexity index is 423. The van der Waals surface area contributed by atoms with E-state index in [2.05, 4.69) is 6.26 Å². The Morgan fingerprint density at radius 3 is 2.68 bits per heavy atom. The fourth-order valence-electron chi connectivity index (χ4n) is 2.81. The van der Waals surface area contributed by atoms with Gasteiger partial charge in [0.05, 0.1) is 0 Å². The molecule has 0 bridgehead atoms. The summed E-state index contributed by atoms with van der Waals surface area (Å²) in [7, 11) is 1.89. The number of likely N-dealkylation sites (N-methyl/N-ethyl adjacent to an activating group) is 1. The van der Waals surface area contributed by atoms with E-state index in [-0.39, 0.29) is 5.91 Å². The molecule has 1 saturated carbocycles. The summed E-state index contributed by atoms with van der Waals surface area (Å²) in [6.07, 6.45) is 5.62. The van der Waals surface area contributed by atoms with Crippen LogP contribution in [-0.4, -0.2) is 35.4 Å². The Balaban J connectivity index is 2.07. The van der Waals surface area contributed by atoms with Gasteiger partial charge in [0.2, 0.25) is 5.91 Å². The van der Waals surface area contributed by atoms with Crippen LogP contribution in [-0.2, 0) is 4.79 Å². The van der Waals surface area contributed by atoms with Crippen LogP contribution in [0.4, 0.5) is 0 Å². The highest BCUT2D eigenvalue weighted by atomic mass is 32.2. The summed E-state index contributed by atoms with van der Waals surface area (Å²) < 4.78 is 0. The molecule has 0 spiro atoms. The molecule has 0 unspecified atom stereocenters. The predicted molar refractivity (Wildman–Crippen MR) is 81.1 cm³/mol. The molecule has 3 atom stereocenters. The van der Waals surface area contributed by atoms with E-state index >= 15 is 0 Å². The maximum absolute atomic E-state index is 12.5. The zero-order chi connectivity index (χ0) is 13.8. The molecule has 0 heterocycles. The van der Waals surface area contributed by atoms with Gasteiger partial charge >= 0.3 is 0 Å². The lowest BCUT2D eigenvalue weighted by atomic mass is 10.1. The Kier molecular flexibility index (Phi) is 4.88. The third-order valence-electron chi connectivity index (χ3n) is 3.99. The highest BCUT2D eigenvalue weighted by molar-refractivity contribution is 7.99. The Labute approximate surface area is 119 Å². The van der Waals surface area contributed by atoms with Gasteiger partial charge in [0.15, 0.2) is 0 Å². The van der Waals surface area contributed by atoms with Crippen molar-refractivity contribution < 1.29 is 4.79 Å². The van der Waals surface area contributed by atoms with E-state index in [0.717, 1.165) is 12.0 Å². The van der Waals surface area contributed by atoms with Crippen molar-refractivity contribution in [2.45, 2.75) is 36.6 Å². The van der Waals surface area contributed by atoms with Gasteiger partial charge in [0, 0.05) is 18.3 Å². The number of carbonyl (C=O) groups excluding carboxylic acids is 1. The van der Waals surface area contributed by atoms with Crippen LogP contribution in [0, 0.1) is 0 Å². The Morgan fingerprint density at radius 1 is 1.37 bits per heavy atom. The first-order chi connectivity index (χ1) is 9.15. The summed E-state index contributed by atoms with van der Waals surface area (Å²) in [6.45, 7) is 0. The number of thioether (sulfide) groups is 1. The fourth-order valence-corrected chi connectivity index (χ4v) is 3.85. The number of carbonyl (C=O) groups is 1. The van der Waals surface area contributed by atoms with E-state index in [1.807, 2.05) is 54.0 Å². The van der Waals surface area contributed by atoms with E-state index in [4.69, 9.17) is 5.73 Å². The van der Waals surface area contributed by atoms with Crippen LogP contribution >= 0.6 is 11.8 Å². The molecule has 1 amide bonds. The van der Waals surface area contributed by atoms with Crippen LogP contribution < -0.4 is 5.73 Å². The molecule has 2 rings (SSSR count). The summed E-state index contributed by atoms with van der Waals surface area (Å²) in [4.78, 5) is 14.4. The Morgan fingerprint density at radius 2 is 2.05 bits per heavy atom. The van der Waals surface area contributed by atoms with Gasteiger partial charge in [-0.3, -0.25) is 4.79 Å². The minimum Gasteiger partial charge on any atom is -0.340 e. The first-order valence-electron chi connectivity index (χ1n) is 6.75. The summed E-state index contributed by atoms with van der Waals surface area (Å²) in [5.74, 6) is 0.0251. The molecule has 0 saturated heterocycles. The molecule has 0 radical (unpaired) electrons. The maximum Gasteiger partial charge on any atom is 0.244 e. The minimum atomic E-state index is -0.547. The van der Waals surface area contributed by atoms with Crippen LogP contribution in [0.15, 0.2) is 30.3 Å². The number of hydrogen-bond donors (Lipinski definition) is 1. The highest BCUT2D eigenvalue weighted by Gasteiger charge is 2.34. The van der Waals surface area contributed by atoms with Crippen LogP contribution in [0.25, 0.3) is 0 Å². The largest absolute Gasteiger partial charge is 0.340 e. The normalized spacial score (nSPS) is 24.2. The fraction of sp³-hybridized carbons (Fsp3) is 0.533. The molecule has 1 aromatic carbocycles. The quantitative estimate of drug-likeness (QED) is 0.920. The number of hydrogen-bond acceptors (Lipinski definition) is 3. The lowest BCUT2D eigenvalue weighted by Crippen LogP contribution is -2.44. The first kappa shape index (κ1) is 14.4. The van der Waals surface area contributed by atoms with Gasteiger partial charge < -0.3 is 10.6 Å². The second kappa shape index (κ2) is 6.44. The van der Waals surface area contributed by atoms with Crippen LogP contribution in [0.1, 0.15) is 30.9 Å². The molecule has 1 fully saturated rings. The SMILES string of the molecule is CS[C@@H]1CCC[C@@H]1N(C)C(=O)[C@@H](N)c1ccccc1. The Hall–Kier alpha value is -1.00. The molecular formula is C15H22N2OS. The van der Waals surface area contributed by atoms with E-state index in [1.165, 1.54) is 12.8 Å². The lowest BCUT2D eigenvalue weighted by Gasteiger charge is -2.31. The number of amides is 1. The van der Waals surface area contributed by atoms with Gasteiger partial charge in [-0.15, -0.1) is 0 Å². The summed E-state index contributed by atoms with van der Waals surface area (Å²) >= 11 is 1.86. The van der Waals surface area contributed by atoms with Crippen molar-refractivity contribution in [3.63, 3.8) is 0 Å². The molecule has 19 heavy (non-hydrogen) atoms. The van der Waals surface area contributed by atoms with Gasteiger partial charge in [-0.25, -0.2) is 0 Å². The second-order valence-electron chi connectivity index (χ2n) is 5.11. The van der Waals surface area contributed by atoms with Crippen LogP contribution in [0.3, 0.4) is 0 Å². The van der Waals surface area contributed by atoms with Crippen molar-refractivity contribution in [3.05, 3.63) is 35.9 Å². The molecule has 0 aromatic heterocycles. The third-order valence-corrected chi connectivity index (χ3v) is 5.15. The monoisotopic (exact) mass is 278 g/mol. The van der Waals surface area contributed by atoms with Crippen molar-refractivity contribution in [2.24, 2.45) is 5.73 Å². The standard InChI is InChI=1S/C15H22N2OS/c1-17(12-9-6-10-13(12)19-2)15(18)14(16)11-7-4-3-5-8-11/h3-5,7-8,12-14H,6,9-10,16H2,1-2H3/t12-,13+,14-/m0/s1. The van der Waals surface area contributed by atoms with Gasteiger partial charge in [0.25, 0.3) is 0 Å². The van der Waals surface area contributed by atoms with Gasteiger partial charge in [-0.1, -0.05) is 36.8 Å². The van der Waals surface area contributed by atoms with Gasteiger partial charge in [-0.05, 0) is 24.7 Å². The third kappa shape index (κ3) is 3.12. The molecule has 3 nitrogen and oxygen atoms in total. The highest BCUT2D eigenvalue weighted by Crippen LogP contribution is 2.32. The zero-order valence-electron chi connectivity index (χ0n) is 11.6. The van der Waals surface area contributed by atoms with Crippen molar-refractivity contribution in [1.82, 2.24) is 4.90 Å². The van der Waals surface area contributed by atoms with Crippen LogP contribution in [0.5, 0.6) is 0 Å². The first-order valence-corrected chi connectivity index (χ1v) is 8.04. The predicted octanol–water partition coefficient (Wildman–Crippen LogP) is 2.43. The number of nitrogens with zero attached hydrogens (tertiary/aromatic N) is 1. The summed E-state index contributed by atoms with van der Waals surface area (Å²) in [5, 5.41) is 0.553. The maximum atomic E-state index is 12.5. The molecule has 2 N–H and O–H groups in total. The molecule has 0 aliphatic heterocycles. The average Bonchev–Trinajstić information content (AvgIpc) is 2.94. The lowest BCUT2D eigenvalue weighted by molar-refractivity contribution is -0.133. The van der Waals surface area contributed by atoms with Gasteiger partial charge in [-0.2, -0.15) is 11.8 Å². The summed E-state index contributed by atoms with van der Waals surface area (Å²) in [5.41, 5.74) is 6.98. The molecule has 104 valence electrons. The number of nitrogens with two attached hydrogens (primary N) is 1. The van der Waals surface area contributed by atoms with Crippen molar-refractivity contribution in [2.75, 3.05) is 13.3 Å². The molecule has 1 aliphatic carbocycles. The van der Waals surface area contributed by atoms with E-state index in [9.17, 15) is 4.79 Å². The zero-order valence-corrected chi connectivity index (χ0v) is 12.4. The van der Waals surface area contributed by atoms with E-state index in [0.29, 0.717) is 11.3 Å². The number of benzene rings is 1. The van der Waals surface area contributed by atoms with Crippen molar-refractivity contribution >= 4 is 17.7 Å². The molecule has 1 aliphatic rings. The van der Waals surface area contributed by atoms with Crippen molar-refractivity contribution in [3.8, 4) is 0 Å². The average molecular weight is 278 g/mol. The van der Waals surface area contributed by atoms with Gasteiger partial charge in [0.1, 0.15) is 6.04 Å². The van der Waals surface area contributed by atoms with Crippen molar-refractivity contribution in [1.29, 1.82) is 0 Å². The second-order valence-corrected chi connectivity index (χ2v) is 6.19. The molecular weight excluding hydrogens is 256 g/mol. The minimum absolute atomic E-state index is 0.0251. The molecule has 4 heteroatoms. The smallest absolute Gasteiger partial charge is 0.244 e. The molecule has 1 aromatic rings. The summed E-state index contributed by atoms with van der Waals surface area (Å²) in [6, 6.07) is 9.39. The van der Waals surface area contributed by atoms with Crippen LogP contribution in [0.2, 0.25) is 0 Å². The van der Waals surface area contributed by atoms with E-state index < -0.39 is 6.04 Å². The topological polar surface area (TPSA) is 46.3 Å².